The minimum atomic E-state index is -1.35. The molecule has 2 N–H and O–H groups in total. The lowest BCUT2D eigenvalue weighted by Crippen LogP contribution is -2.29. The summed E-state index contributed by atoms with van der Waals surface area (Å²) in [7, 11) is 5.80. The van der Waals surface area contributed by atoms with Crippen molar-refractivity contribution in [2.24, 2.45) is 25.8 Å². The van der Waals surface area contributed by atoms with Crippen molar-refractivity contribution in [3.8, 4) is 40.8 Å². The molecule has 23 nitrogen and oxygen atoms in total. The molecule has 0 aliphatic heterocycles. The molecule has 1 amide bonds. The molecule has 6 rings (SSSR count). The van der Waals surface area contributed by atoms with Gasteiger partial charge in [-0.15, -0.1) is 4.52 Å². The summed E-state index contributed by atoms with van der Waals surface area (Å²) in [6.45, 7) is 10.3. The van der Waals surface area contributed by atoms with E-state index in [4.69, 9.17) is 38.4 Å². The molecule has 0 saturated heterocycles. The van der Waals surface area contributed by atoms with Crippen LogP contribution in [0.5, 0.6) is 34.8 Å². The molecule has 0 aliphatic carbocycles. The molecule has 0 saturated carbocycles. The van der Waals surface area contributed by atoms with E-state index in [0.29, 0.717) is 86.6 Å². The number of carbonyl (C=O) groups excluding carboxylic acids is 3. The number of aliphatic hydroxyl groups is 1. The lowest BCUT2D eigenvalue weighted by atomic mass is 10.0. The molecule has 5 aromatic carbocycles. The van der Waals surface area contributed by atoms with Crippen molar-refractivity contribution >= 4 is 77.0 Å². The number of ketones is 2. The highest BCUT2D eigenvalue weighted by atomic mass is 31.1. The van der Waals surface area contributed by atoms with Crippen LogP contribution in [0.3, 0.4) is 0 Å². The van der Waals surface area contributed by atoms with Crippen molar-refractivity contribution in [2.75, 3.05) is 55.4 Å². The molecule has 0 spiro atoms. The van der Waals surface area contributed by atoms with Crippen LogP contribution in [0.25, 0.3) is 5.57 Å². The fourth-order valence-corrected chi connectivity index (χ4v) is 7.27. The van der Waals surface area contributed by atoms with Crippen LogP contribution in [-0.4, -0.2) is 134 Å². The van der Waals surface area contributed by atoms with E-state index in [2.05, 4.69) is 51.7 Å². The van der Waals surface area contributed by atoms with Gasteiger partial charge in [0.1, 0.15) is 88.5 Å². The van der Waals surface area contributed by atoms with Crippen LogP contribution >= 0.6 is 8.03 Å². The highest BCUT2D eigenvalue weighted by Crippen LogP contribution is 2.32. The minimum absolute atomic E-state index is 0. The quantitative estimate of drug-likeness (QED) is 0.0177. The zero-order valence-electron chi connectivity index (χ0n) is 48.5. The number of benzene rings is 5. The number of rotatable bonds is 25. The second-order valence-electron chi connectivity index (χ2n) is 16.2. The number of oxime groups is 5. The number of hydrogen-bond donors (Lipinski definition) is 2. The highest BCUT2D eigenvalue weighted by Gasteiger charge is 2.21. The number of aliphatic hydroxyl groups excluding tert-OH is 1. The maximum absolute atomic E-state index is 12.1. The second-order valence-corrected chi connectivity index (χ2v) is 17.4. The van der Waals surface area contributed by atoms with E-state index in [1.807, 2.05) is 55.5 Å². The number of para-hydroxylation sites is 4. The summed E-state index contributed by atoms with van der Waals surface area (Å²) in [6, 6.07) is 41.1. The summed E-state index contributed by atoms with van der Waals surface area (Å²) in [5.74, 6) is 1.54. The molecule has 6 aromatic rings. The largest absolute Gasteiger partial charge is 0.504 e. The van der Waals surface area contributed by atoms with Crippen LogP contribution in [0.2, 0.25) is 0 Å². The first-order valence-electron chi connectivity index (χ1n) is 25.5. The highest BCUT2D eigenvalue weighted by molar-refractivity contribution is 7.38. The summed E-state index contributed by atoms with van der Waals surface area (Å²) < 4.78 is 31.9. The maximum Gasteiger partial charge on any atom is 0.504 e. The van der Waals surface area contributed by atoms with Crippen molar-refractivity contribution in [1.29, 1.82) is 5.26 Å². The van der Waals surface area contributed by atoms with E-state index in [0.717, 1.165) is 0 Å². The molecule has 85 heavy (non-hydrogen) atoms. The first-order chi connectivity index (χ1) is 40.7. The normalized spacial score (nSPS) is 11.5. The number of allylic oxidation sites excluding steroid dienone is 1. The van der Waals surface area contributed by atoms with Crippen LogP contribution in [0, 0.1) is 11.3 Å². The van der Waals surface area contributed by atoms with Crippen LogP contribution in [0.15, 0.2) is 172 Å². The van der Waals surface area contributed by atoms with Gasteiger partial charge in [-0.3, -0.25) is 14.4 Å². The molecular weight excluding hydrogens is 1130 g/mol. The number of likely N-dealkylation sites (N-methyl/N-ethyl adjacent to an activating group) is 1. The van der Waals surface area contributed by atoms with Crippen molar-refractivity contribution in [3.63, 3.8) is 0 Å². The molecule has 0 radical (unpaired) electrons. The number of amides is 1. The molecule has 25 heteroatoms. The number of aromatic nitrogens is 2. The number of nitriles is 1. The van der Waals surface area contributed by atoms with Crippen LogP contribution in [-0.2, 0) is 54.3 Å². The molecule has 1 atom stereocenters. The Balaban J connectivity index is 0.000000416. The Bertz CT molecular complexity index is 3350. The molecule has 1 heterocycles. The van der Waals surface area contributed by atoms with Gasteiger partial charge < -0.3 is 48.8 Å². The fraction of sp³-hybridized carbons (Fsp3) is 0.250. The van der Waals surface area contributed by atoms with E-state index < -0.39 is 20.4 Å². The van der Waals surface area contributed by atoms with E-state index in [1.165, 1.54) is 47.9 Å². The van der Waals surface area contributed by atoms with Gasteiger partial charge in [0, 0.05) is 41.3 Å². The first-order valence-corrected chi connectivity index (χ1v) is 27.2. The van der Waals surface area contributed by atoms with Crippen molar-refractivity contribution in [3.05, 3.63) is 174 Å². The molecule has 0 bridgehead atoms. The SMILES string of the molecule is C/C=C(/C(=O)CO)c1ccccc1Oc1cc(Oc2ccccc2C#N)ncn1.CCC(=O)/C(=N/OC)c1ccccc1Oc1ccccc1.CCO[P+](C)=O.CNC(=O)/C(=N/OC)c1ccccc1CO/N=C(C)/C(=N/OC)C(/C)=N/OC.[AlH3]. The number of nitrogens with zero attached hydrogens (tertiary/aromatic N) is 8. The fourth-order valence-electron chi connectivity index (χ4n) is 6.90. The minimum Gasteiger partial charge on any atom is -0.457 e. The zero-order valence-corrected chi connectivity index (χ0v) is 49.4. The Morgan fingerprint density at radius 1 is 0.659 bits per heavy atom. The number of Topliss-reactive ketones (excluding diaryl/α,β-unsaturated/α-hetero) is 2. The third-order valence-electron chi connectivity index (χ3n) is 10.6. The lowest BCUT2D eigenvalue weighted by Gasteiger charge is -2.12. The van der Waals surface area contributed by atoms with Crippen LogP contribution in [0.1, 0.15) is 68.9 Å². The third kappa shape index (κ3) is 24.1. The topological polar surface area (TPSA) is 295 Å². The van der Waals surface area contributed by atoms with Gasteiger partial charge in [-0.25, -0.2) is 9.97 Å². The molecule has 0 fully saturated rings. The number of carbonyl (C=O) groups is 3. The molecular formula is C60H70AlN9O14P+. The zero-order chi connectivity index (χ0) is 61.7. The lowest BCUT2D eigenvalue weighted by molar-refractivity contribution is -0.116. The Kier molecular flexibility index (Phi) is 34.3. The van der Waals surface area contributed by atoms with Gasteiger partial charge in [-0.2, -0.15) is 5.26 Å². The van der Waals surface area contributed by atoms with Gasteiger partial charge in [0.2, 0.25) is 11.8 Å². The van der Waals surface area contributed by atoms with Gasteiger partial charge in [0.25, 0.3) is 5.91 Å². The summed E-state index contributed by atoms with van der Waals surface area (Å²) in [5, 5.41) is 40.3. The van der Waals surface area contributed by atoms with Gasteiger partial charge in [0.15, 0.2) is 52.7 Å². The predicted molar refractivity (Wildman–Crippen MR) is 329 cm³/mol. The van der Waals surface area contributed by atoms with Gasteiger partial charge in [-0.05, 0) is 74.7 Å². The van der Waals surface area contributed by atoms with E-state index in [1.54, 1.807) is 119 Å². The average Bonchev–Trinajstić information content (AvgIpc) is 3.56. The van der Waals surface area contributed by atoms with Gasteiger partial charge in [0.05, 0.1) is 18.2 Å². The second kappa shape index (κ2) is 40.7. The Hall–Kier alpha value is -9.48. The Morgan fingerprint density at radius 3 is 1.72 bits per heavy atom. The molecule has 1 unspecified atom stereocenters. The third-order valence-corrected chi connectivity index (χ3v) is 11.2. The molecule has 1 aromatic heterocycles. The Labute approximate surface area is 505 Å². The van der Waals surface area contributed by atoms with Gasteiger partial charge >= 0.3 is 8.03 Å². The summed E-state index contributed by atoms with van der Waals surface area (Å²) in [5.41, 5.74) is 4.84. The number of ether oxygens (including phenoxy) is 3. The first kappa shape index (κ1) is 71.6. The standard InChI is InChI=1S/C22H17N3O4.C18H25N5O5.C17H17NO3.C3H8O2P.Al.3H/c1-2-16(18(27)13-26)17-8-4-6-10-20(17)29-22-11-21(24-14-25-22)28-19-9-5-3-7-15(19)12-23;1-12(20-25-4)16(22-26-5)13(2)21-28-11-14-9-7-8-10-15(14)17(23-27-6)18(24)19-3;1-3-15(19)17(18-20-2)14-11-7-8-12-16(14)21-13-9-5-4-6-10-13;1-3-5-6(2)4;;;;/h2-11,14,26H,13H2,1H3;7-10H,11H2,1-6H3,(H,19,24);4-12H,3H2,1-2H3;3H2,1-2H3;;;;/q;;;+1;;;;/b16-2+;20-12+,21-13+,22-16+,23-17+;18-17+;;;;;. The molecule has 446 valence electrons. The van der Waals surface area contributed by atoms with Crippen LogP contribution in [0.4, 0.5) is 0 Å². The molecule has 0 aliphatic rings. The Morgan fingerprint density at radius 2 is 1.18 bits per heavy atom. The summed E-state index contributed by atoms with van der Waals surface area (Å²) >= 11 is 0. The van der Waals surface area contributed by atoms with Crippen molar-refractivity contribution in [2.45, 2.75) is 47.6 Å². The maximum atomic E-state index is 12.1. The van der Waals surface area contributed by atoms with E-state index in [-0.39, 0.29) is 58.8 Å². The monoisotopic (exact) mass is 1200 g/mol. The number of hydrogen-bond acceptors (Lipinski definition) is 22. The van der Waals surface area contributed by atoms with Gasteiger partial charge in [-0.1, -0.05) is 124 Å². The van der Waals surface area contributed by atoms with Crippen molar-refractivity contribution < 1.29 is 67.0 Å². The van der Waals surface area contributed by atoms with E-state index >= 15 is 0 Å². The smallest absolute Gasteiger partial charge is 0.457 e. The van der Waals surface area contributed by atoms with E-state index in [9.17, 15) is 29.3 Å². The van der Waals surface area contributed by atoms with Crippen molar-refractivity contribution in [1.82, 2.24) is 15.3 Å². The predicted octanol–water partition coefficient (Wildman–Crippen LogP) is 9.62. The van der Waals surface area contributed by atoms with Crippen LogP contribution < -0.4 is 19.5 Å². The average molecular weight is 1200 g/mol. The summed E-state index contributed by atoms with van der Waals surface area (Å²) in [6.07, 6.45) is 3.24. The summed E-state index contributed by atoms with van der Waals surface area (Å²) in [4.78, 5) is 68.9. The number of nitrogens with one attached hydrogen (secondary N) is 1.